The first-order valence-corrected chi connectivity index (χ1v) is 5.47. The van der Waals surface area contributed by atoms with Gasteiger partial charge < -0.3 is 4.74 Å². The Morgan fingerprint density at radius 1 is 1.07 bits per heavy atom. The zero-order chi connectivity index (χ0) is 10.9. The van der Waals surface area contributed by atoms with E-state index in [4.69, 9.17) is 27.9 Å². The number of hydrogen-bond donors (Lipinski definition) is 0. The van der Waals surface area contributed by atoms with E-state index in [0.29, 0.717) is 6.61 Å². The molecule has 3 heteroatoms. The fraction of sp³-hybridized carbons (Fsp3) is 0.167. The molecule has 0 heterocycles. The molecular weight excluding hydrogens is 231 g/mol. The largest absolute Gasteiger partial charge is 0.489 e. The summed E-state index contributed by atoms with van der Waals surface area (Å²) >= 11 is 10.9. The second-order valence-corrected chi connectivity index (χ2v) is 3.35. The predicted molar refractivity (Wildman–Crippen MR) is 65.6 cm³/mol. The van der Waals surface area contributed by atoms with Gasteiger partial charge in [-0.1, -0.05) is 47.5 Å². The molecule has 0 spiro atoms. The van der Waals surface area contributed by atoms with Gasteiger partial charge in [-0.05, 0) is 24.1 Å². The van der Waals surface area contributed by atoms with Crippen LogP contribution in [0.3, 0.4) is 0 Å². The topological polar surface area (TPSA) is 9.23 Å². The Bertz CT molecular complexity index is 345. The molecule has 0 bridgehead atoms. The van der Waals surface area contributed by atoms with Gasteiger partial charge in [0.1, 0.15) is 12.4 Å². The summed E-state index contributed by atoms with van der Waals surface area (Å²) in [6, 6.07) is 7.85. The molecule has 0 aliphatic rings. The van der Waals surface area contributed by atoms with Gasteiger partial charge in [0.25, 0.3) is 0 Å². The number of rotatable bonds is 5. The molecule has 0 saturated carbocycles. The maximum absolute atomic E-state index is 5.53. The Balaban J connectivity index is 2.67. The second kappa shape index (κ2) is 7.38. The highest BCUT2D eigenvalue weighted by molar-refractivity contribution is 6.25. The number of hydrogen-bond acceptors (Lipinski definition) is 1. The molecular formula is C12H12Cl2O. The first-order chi connectivity index (χ1) is 7.38. The Morgan fingerprint density at radius 2 is 1.80 bits per heavy atom. The lowest BCUT2D eigenvalue weighted by Crippen LogP contribution is -1.96. The molecule has 1 aromatic rings. The van der Waals surface area contributed by atoms with Crippen molar-refractivity contribution in [3.63, 3.8) is 0 Å². The summed E-state index contributed by atoms with van der Waals surface area (Å²) in [6.45, 7) is 0.477. The number of allylic oxidation sites excluding steroid dienone is 1. The van der Waals surface area contributed by atoms with E-state index in [1.807, 2.05) is 30.3 Å². The first-order valence-electron chi connectivity index (χ1n) is 4.59. The highest BCUT2D eigenvalue weighted by Gasteiger charge is 1.99. The molecule has 0 aromatic heterocycles. The first kappa shape index (κ1) is 12.2. The van der Waals surface area contributed by atoms with Crippen LogP contribution in [0.4, 0.5) is 0 Å². The second-order valence-electron chi connectivity index (χ2n) is 2.85. The van der Waals surface area contributed by atoms with Crippen molar-refractivity contribution in [2.75, 3.05) is 6.61 Å². The van der Waals surface area contributed by atoms with E-state index in [1.54, 1.807) is 6.08 Å². The number of halogens is 2. The normalized spacial score (nSPS) is 11.3. The molecule has 0 fully saturated rings. The van der Waals surface area contributed by atoms with Crippen LogP contribution < -0.4 is 4.74 Å². The molecule has 0 saturated heterocycles. The Morgan fingerprint density at radius 3 is 2.53 bits per heavy atom. The van der Waals surface area contributed by atoms with E-state index in [0.717, 1.165) is 17.7 Å². The van der Waals surface area contributed by atoms with Gasteiger partial charge in [-0.15, -0.1) is 0 Å². The summed E-state index contributed by atoms with van der Waals surface area (Å²) in [5.41, 5.74) is 4.06. The van der Waals surface area contributed by atoms with Crippen molar-refractivity contribution < 1.29 is 4.74 Å². The molecule has 0 atom stereocenters. The monoisotopic (exact) mass is 242 g/mol. The van der Waals surface area contributed by atoms with Gasteiger partial charge in [0.05, 0.1) is 0 Å². The van der Waals surface area contributed by atoms with E-state index in [2.05, 4.69) is 0 Å². The van der Waals surface area contributed by atoms with Crippen LogP contribution in [0, 0.1) is 0 Å². The SMILES string of the molecule is Cl/C=C/COc1ccccc1C/C=C/Cl. The summed E-state index contributed by atoms with van der Waals surface area (Å²) in [5, 5.41) is 0. The quantitative estimate of drug-likeness (QED) is 0.756. The van der Waals surface area contributed by atoms with Crippen LogP contribution in [0.15, 0.2) is 47.5 Å². The van der Waals surface area contributed by atoms with Crippen molar-refractivity contribution >= 4 is 23.2 Å². The van der Waals surface area contributed by atoms with E-state index in [9.17, 15) is 0 Å². The van der Waals surface area contributed by atoms with Gasteiger partial charge in [0.15, 0.2) is 0 Å². The Labute approximate surface area is 100.0 Å². The highest BCUT2D eigenvalue weighted by Crippen LogP contribution is 2.18. The van der Waals surface area contributed by atoms with Crippen LogP contribution in [0.25, 0.3) is 0 Å². The maximum atomic E-state index is 5.53. The molecule has 0 unspecified atom stereocenters. The lowest BCUT2D eigenvalue weighted by atomic mass is 10.1. The molecule has 1 aromatic carbocycles. The van der Waals surface area contributed by atoms with Gasteiger partial charge in [-0.2, -0.15) is 0 Å². The van der Waals surface area contributed by atoms with Crippen molar-refractivity contribution in [2.24, 2.45) is 0 Å². The Kier molecular flexibility index (Phi) is 5.98. The van der Waals surface area contributed by atoms with Crippen LogP contribution in [-0.2, 0) is 6.42 Å². The number of ether oxygens (including phenoxy) is 1. The van der Waals surface area contributed by atoms with E-state index in [1.165, 1.54) is 11.1 Å². The highest BCUT2D eigenvalue weighted by atomic mass is 35.5. The summed E-state index contributed by atoms with van der Waals surface area (Å²) in [4.78, 5) is 0. The van der Waals surface area contributed by atoms with Crippen molar-refractivity contribution in [2.45, 2.75) is 6.42 Å². The van der Waals surface area contributed by atoms with E-state index >= 15 is 0 Å². The lowest BCUT2D eigenvalue weighted by Gasteiger charge is -2.07. The average Bonchev–Trinajstić information content (AvgIpc) is 2.28. The fourth-order valence-corrected chi connectivity index (χ4v) is 1.32. The third-order valence-corrected chi connectivity index (χ3v) is 2.18. The summed E-state index contributed by atoms with van der Waals surface area (Å²) in [7, 11) is 0. The third-order valence-electron chi connectivity index (χ3n) is 1.82. The number of benzene rings is 1. The molecule has 80 valence electrons. The summed E-state index contributed by atoms with van der Waals surface area (Å²) < 4.78 is 5.53. The number of para-hydroxylation sites is 1. The average molecular weight is 243 g/mol. The molecule has 0 N–H and O–H groups in total. The van der Waals surface area contributed by atoms with Crippen molar-refractivity contribution in [1.82, 2.24) is 0 Å². The van der Waals surface area contributed by atoms with Gasteiger partial charge >= 0.3 is 0 Å². The molecule has 0 aliphatic carbocycles. The molecule has 0 amide bonds. The Hall–Kier alpha value is -0.920. The summed E-state index contributed by atoms with van der Waals surface area (Å²) in [5.74, 6) is 0.863. The smallest absolute Gasteiger partial charge is 0.123 e. The van der Waals surface area contributed by atoms with Gasteiger partial charge in [0, 0.05) is 11.1 Å². The van der Waals surface area contributed by atoms with Crippen LogP contribution >= 0.6 is 23.2 Å². The van der Waals surface area contributed by atoms with Gasteiger partial charge in [-0.3, -0.25) is 0 Å². The lowest BCUT2D eigenvalue weighted by molar-refractivity contribution is 0.360. The summed E-state index contributed by atoms with van der Waals surface area (Å²) in [6.07, 6.45) is 4.39. The minimum atomic E-state index is 0.477. The fourth-order valence-electron chi connectivity index (χ4n) is 1.16. The maximum Gasteiger partial charge on any atom is 0.123 e. The van der Waals surface area contributed by atoms with Crippen molar-refractivity contribution in [3.8, 4) is 5.75 Å². The van der Waals surface area contributed by atoms with E-state index in [-0.39, 0.29) is 0 Å². The van der Waals surface area contributed by atoms with Crippen molar-refractivity contribution in [3.05, 3.63) is 53.1 Å². The molecule has 0 aliphatic heterocycles. The van der Waals surface area contributed by atoms with Crippen LogP contribution in [-0.4, -0.2) is 6.61 Å². The predicted octanol–water partition coefficient (Wildman–Crippen LogP) is 4.11. The van der Waals surface area contributed by atoms with Gasteiger partial charge in [-0.25, -0.2) is 0 Å². The molecule has 0 radical (unpaired) electrons. The van der Waals surface area contributed by atoms with Crippen LogP contribution in [0.1, 0.15) is 5.56 Å². The van der Waals surface area contributed by atoms with Crippen molar-refractivity contribution in [1.29, 1.82) is 0 Å². The van der Waals surface area contributed by atoms with Crippen LogP contribution in [0.5, 0.6) is 5.75 Å². The standard InChI is InChI=1S/C12H12Cl2O/c13-8-3-6-11-5-1-2-7-12(11)15-10-4-9-14/h1-5,7-9H,6,10H2/b8-3+,9-4+. The zero-order valence-electron chi connectivity index (χ0n) is 8.20. The van der Waals surface area contributed by atoms with Gasteiger partial charge in [0.2, 0.25) is 0 Å². The molecule has 1 nitrogen and oxygen atoms in total. The minimum absolute atomic E-state index is 0.477. The van der Waals surface area contributed by atoms with E-state index < -0.39 is 0 Å². The van der Waals surface area contributed by atoms with Crippen LogP contribution in [0.2, 0.25) is 0 Å². The zero-order valence-corrected chi connectivity index (χ0v) is 9.71. The third kappa shape index (κ3) is 4.41. The molecule has 15 heavy (non-hydrogen) atoms. The molecule has 1 rings (SSSR count). The minimum Gasteiger partial charge on any atom is -0.489 e.